The van der Waals surface area contributed by atoms with Gasteiger partial charge in [0.05, 0.1) is 0 Å². The highest BCUT2D eigenvalue weighted by atomic mass is 15.3. The SMILES string of the molecule is CC(C)(C)C12CC(NN)(C1)C2. The molecule has 2 bridgehead atoms. The molecule has 3 N–H and O–H groups in total. The van der Waals surface area contributed by atoms with E-state index in [4.69, 9.17) is 5.84 Å². The van der Waals surface area contributed by atoms with E-state index in [2.05, 4.69) is 26.2 Å². The van der Waals surface area contributed by atoms with Gasteiger partial charge < -0.3 is 0 Å². The van der Waals surface area contributed by atoms with Crippen molar-refractivity contribution in [3.63, 3.8) is 0 Å². The van der Waals surface area contributed by atoms with E-state index < -0.39 is 0 Å². The molecule has 64 valence electrons. The maximum Gasteiger partial charge on any atom is 0.0337 e. The van der Waals surface area contributed by atoms with Crippen molar-refractivity contribution < 1.29 is 0 Å². The summed E-state index contributed by atoms with van der Waals surface area (Å²) in [5, 5.41) is 0. The average Bonchev–Trinajstić information content (AvgIpc) is 1.53. The highest BCUT2D eigenvalue weighted by molar-refractivity contribution is 5.25. The Hall–Kier alpha value is -0.0800. The Labute approximate surface area is 68.5 Å². The molecular formula is C9H18N2. The van der Waals surface area contributed by atoms with Gasteiger partial charge in [0.25, 0.3) is 0 Å². The molecular weight excluding hydrogens is 136 g/mol. The van der Waals surface area contributed by atoms with Gasteiger partial charge in [-0.3, -0.25) is 11.3 Å². The van der Waals surface area contributed by atoms with E-state index in [1.807, 2.05) is 0 Å². The van der Waals surface area contributed by atoms with E-state index in [-0.39, 0.29) is 0 Å². The van der Waals surface area contributed by atoms with Gasteiger partial charge in [-0.05, 0) is 30.1 Å². The fourth-order valence-electron chi connectivity index (χ4n) is 2.74. The van der Waals surface area contributed by atoms with Crippen LogP contribution in [0.5, 0.6) is 0 Å². The largest absolute Gasteiger partial charge is 0.271 e. The topological polar surface area (TPSA) is 38.0 Å². The number of hydrogen-bond acceptors (Lipinski definition) is 2. The fourth-order valence-corrected chi connectivity index (χ4v) is 2.74. The molecule has 3 saturated carbocycles. The number of nitrogens with one attached hydrogen (secondary N) is 1. The lowest BCUT2D eigenvalue weighted by Gasteiger charge is -2.75. The number of rotatable bonds is 1. The highest BCUT2D eigenvalue weighted by Gasteiger charge is 2.71. The molecule has 3 aliphatic rings. The van der Waals surface area contributed by atoms with Crippen LogP contribution in [0, 0.1) is 10.8 Å². The van der Waals surface area contributed by atoms with Crippen LogP contribution >= 0.6 is 0 Å². The van der Waals surface area contributed by atoms with E-state index in [9.17, 15) is 0 Å². The Kier molecular flexibility index (Phi) is 1.13. The first-order valence-electron chi connectivity index (χ1n) is 4.41. The number of hydrogen-bond donors (Lipinski definition) is 2. The van der Waals surface area contributed by atoms with Crippen LogP contribution in [0.2, 0.25) is 0 Å². The third-order valence-corrected chi connectivity index (χ3v) is 3.93. The van der Waals surface area contributed by atoms with Gasteiger partial charge in [0, 0.05) is 5.54 Å². The van der Waals surface area contributed by atoms with Crippen LogP contribution in [-0.4, -0.2) is 5.54 Å². The zero-order valence-corrected chi connectivity index (χ0v) is 7.70. The van der Waals surface area contributed by atoms with Gasteiger partial charge in [-0.1, -0.05) is 20.8 Å². The lowest BCUT2D eigenvalue weighted by molar-refractivity contribution is -0.217. The van der Waals surface area contributed by atoms with Crippen molar-refractivity contribution in [2.45, 2.75) is 45.6 Å². The molecule has 2 heteroatoms. The normalized spacial score (nSPS) is 48.0. The summed E-state index contributed by atoms with van der Waals surface area (Å²) in [7, 11) is 0. The van der Waals surface area contributed by atoms with Crippen LogP contribution < -0.4 is 11.3 Å². The summed E-state index contributed by atoms with van der Waals surface area (Å²) in [6, 6.07) is 0. The second-order valence-electron chi connectivity index (χ2n) is 5.49. The molecule has 0 saturated heterocycles. The molecule has 0 aromatic rings. The fraction of sp³-hybridized carbons (Fsp3) is 1.00. The van der Waals surface area contributed by atoms with Gasteiger partial charge in [0.1, 0.15) is 0 Å². The molecule has 0 amide bonds. The molecule has 0 aliphatic heterocycles. The number of nitrogens with two attached hydrogens (primary N) is 1. The summed E-state index contributed by atoms with van der Waals surface area (Å²) in [4.78, 5) is 0. The predicted octanol–water partition coefficient (Wildman–Crippen LogP) is 1.42. The molecule has 0 atom stereocenters. The second kappa shape index (κ2) is 1.64. The minimum absolute atomic E-state index is 0.354. The van der Waals surface area contributed by atoms with E-state index in [0.29, 0.717) is 16.4 Å². The Balaban J connectivity index is 2.04. The van der Waals surface area contributed by atoms with Crippen molar-refractivity contribution >= 4 is 0 Å². The molecule has 11 heavy (non-hydrogen) atoms. The van der Waals surface area contributed by atoms with Crippen LogP contribution in [-0.2, 0) is 0 Å². The molecule has 0 aromatic carbocycles. The van der Waals surface area contributed by atoms with E-state index in [1.54, 1.807) is 0 Å². The van der Waals surface area contributed by atoms with Crippen LogP contribution in [0.15, 0.2) is 0 Å². The molecule has 3 aliphatic carbocycles. The van der Waals surface area contributed by atoms with Gasteiger partial charge in [0.15, 0.2) is 0 Å². The lowest BCUT2D eigenvalue weighted by atomic mass is 9.33. The zero-order valence-electron chi connectivity index (χ0n) is 7.70. The molecule has 3 fully saturated rings. The van der Waals surface area contributed by atoms with E-state index >= 15 is 0 Å². The molecule has 0 unspecified atom stereocenters. The first-order chi connectivity index (χ1) is 4.93. The van der Waals surface area contributed by atoms with Crippen molar-refractivity contribution in [1.82, 2.24) is 5.43 Å². The summed E-state index contributed by atoms with van der Waals surface area (Å²) in [6.07, 6.45) is 3.88. The average molecular weight is 154 g/mol. The molecule has 0 radical (unpaired) electrons. The second-order valence-corrected chi connectivity index (χ2v) is 5.49. The van der Waals surface area contributed by atoms with Crippen molar-refractivity contribution in [2.24, 2.45) is 16.7 Å². The number of hydrazine groups is 1. The summed E-state index contributed by atoms with van der Waals surface area (Å²) < 4.78 is 0. The first-order valence-corrected chi connectivity index (χ1v) is 4.41. The Morgan fingerprint density at radius 1 is 1.18 bits per heavy atom. The van der Waals surface area contributed by atoms with Gasteiger partial charge in [-0.25, -0.2) is 0 Å². The zero-order chi connectivity index (χ0) is 8.33. The maximum absolute atomic E-state index is 5.46. The summed E-state index contributed by atoms with van der Waals surface area (Å²) in [6.45, 7) is 7.02. The van der Waals surface area contributed by atoms with Gasteiger partial charge in [-0.2, -0.15) is 0 Å². The minimum Gasteiger partial charge on any atom is -0.271 e. The van der Waals surface area contributed by atoms with Gasteiger partial charge in [-0.15, -0.1) is 0 Å². The quantitative estimate of drug-likeness (QED) is 0.443. The summed E-state index contributed by atoms with van der Waals surface area (Å²) in [5.74, 6) is 5.46. The molecule has 0 spiro atoms. The van der Waals surface area contributed by atoms with Gasteiger partial charge >= 0.3 is 0 Å². The predicted molar refractivity (Wildman–Crippen MR) is 45.8 cm³/mol. The van der Waals surface area contributed by atoms with Crippen LogP contribution in [0.3, 0.4) is 0 Å². The third kappa shape index (κ3) is 0.695. The molecule has 0 heterocycles. The maximum atomic E-state index is 5.46. The monoisotopic (exact) mass is 154 g/mol. The van der Waals surface area contributed by atoms with Crippen LogP contribution in [0.25, 0.3) is 0 Å². The minimum atomic E-state index is 0.354. The molecule has 2 nitrogen and oxygen atoms in total. The standard InChI is InChI=1S/C9H18N2/c1-7(2,3)8-4-9(5-8,6-8)11-10/h11H,4-6,10H2,1-3H3. The van der Waals surface area contributed by atoms with Crippen molar-refractivity contribution in [3.8, 4) is 0 Å². The highest BCUT2D eigenvalue weighted by Crippen LogP contribution is 2.73. The summed E-state index contributed by atoms with van der Waals surface area (Å²) in [5.41, 5.74) is 4.40. The van der Waals surface area contributed by atoms with Crippen molar-refractivity contribution in [3.05, 3.63) is 0 Å². The lowest BCUT2D eigenvalue weighted by Crippen LogP contribution is -2.78. The van der Waals surface area contributed by atoms with Gasteiger partial charge in [0.2, 0.25) is 0 Å². The van der Waals surface area contributed by atoms with Crippen molar-refractivity contribution in [2.75, 3.05) is 0 Å². The van der Waals surface area contributed by atoms with Crippen LogP contribution in [0.4, 0.5) is 0 Å². The first kappa shape index (κ1) is 7.56. The Morgan fingerprint density at radius 2 is 1.64 bits per heavy atom. The summed E-state index contributed by atoms with van der Waals surface area (Å²) >= 11 is 0. The third-order valence-electron chi connectivity index (χ3n) is 3.93. The van der Waals surface area contributed by atoms with E-state index in [0.717, 1.165) is 0 Å². The molecule has 3 rings (SSSR count). The van der Waals surface area contributed by atoms with E-state index in [1.165, 1.54) is 19.3 Å². The smallest absolute Gasteiger partial charge is 0.0337 e. The Bertz CT molecular complexity index is 170. The van der Waals surface area contributed by atoms with Crippen LogP contribution in [0.1, 0.15) is 40.0 Å². The Morgan fingerprint density at radius 3 is 1.91 bits per heavy atom. The molecule has 0 aromatic heterocycles. The van der Waals surface area contributed by atoms with Crippen molar-refractivity contribution in [1.29, 1.82) is 0 Å².